The Morgan fingerprint density at radius 1 is 1.29 bits per heavy atom. The van der Waals surface area contributed by atoms with E-state index in [9.17, 15) is 13.2 Å². The fourth-order valence-corrected chi connectivity index (χ4v) is 4.12. The minimum atomic E-state index is -4.57. The van der Waals surface area contributed by atoms with Crippen LogP contribution in [-0.4, -0.2) is 21.5 Å². The van der Waals surface area contributed by atoms with Crippen molar-refractivity contribution in [2.45, 2.75) is 38.9 Å². The van der Waals surface area contributed by atoms with Gasteiger partial charge in [0.1, 0.15) is 5.82 Å². The quantitative estimate of drug-likeness (QED) is 0.597. The number of nitrogens with zero attached hydrogens (tertiary/aromatic N) is 3. The summed E-state index contributed by atoms with van der Waals surface area (Å²) < 4.78 is 39.3. The van der Waals surface area contributed by atoms with Gasteiger partial charge in [0.2, 0.25) is 5.82 Å². The molecule has 3 heterocycles. The molecule has 0 spiro atoms. The fraction of sp³-hybridized carbons (Fsp3) is 0.400. The van der Waals surface area contributed by atoms with E-state index in [1.165, 1.54) is 11.8 Å². The first-order valence-corrected chi connectivity index (χ1v) is 9.58. The normalized spacial score (nSPS) is 17.4. The lowest BCUT2D eigenvalue weighted by Gasteiger charge is -2.37. The number of H-pyrrole nitrogens is 1. The summed E-state index contributed by atoms with van der Waals surface area (Å²) in [6.07, 6.45) is -1.89. The summed E-state index contributed by atoms with van der Waals surface area (Å²) in [4.78, 5) is 12.6. The van der Waals surface area contributed by atoms with Crippen LogP contribution in [0, 0.1) is 5.92 Å². The Morgan fingerprint density at radius 3 is 2.79 bits per heavy atom. The Hall–Kier alpha value is -2.28. The second-order valence-electron chi connectivity index (χ2n) is 7.53. The topological polar surface area (TPSA) is 44.8 Å². The third kappa shape index (κ3) is 3.43. The van der Waals surface area contributed by atoms with Crippen LogP contribution in [0.15, 0.2) is 30.5 Å². The molecule has 1 N–H and O–H groups in total. The molecule has 2 aromatic heterocycles. The highest BCUT2D eigenvalue weighted by molar-refractivity contribution is 6.31. The van der Waals surface area contributed by atoms with E-state index in [2.05, 4.69) is 28.8 Å². The number of aromatic amines is 1. The van der Waals surface area contributed by atoms with Crippen LogP contribution >= 0.6 is 11.6 Å². The van der Waals surface area contributed by atoms with Crippen LogP contribution in [0.1, 0.15) is 43.4 Å². The number of fused-ring (bicyclic) bond motifs is 3. The minimum Gasteiger partial charge on any atom is -0.356 e. The Bertz CT molecular complexity index is 1010. The summed E-state index contributed by atoms with van der Waals surface area (Å²) in [5, 5.41) is 1.75. The average molecular weight is 409 g/mol. The van der Waals surface area contributed by atoms with Crippen molar-refractivity contribution in [1.29, 1.82) is 0 Å². The summed E-state index contributed by atoms with van der Waals surface area (Å²) >= 11 is 6.18. The van der Waals surface area contributed by atoms with Gasteiger partial charge in [0.05, 0.1) is 6.04 Å². The van der Waals surface area contributed by atoms with Crippen LogP contribution < -0.4 is 4.90 Å². The van der Waals surface area contributed by atoms with Crippen LogP contribution in [0.3, 0.4) is 0 Å². The van der Waals surface area contributed by atoms with Crippen molar-refractivity contribution in [3.05, 3.63) is 52.6 Å². The zero-order valence-corrected chi connectivity index (χ0v) is 16.3. The predicted molar refractivity (Wildman–Crippen MR) is 104 cm³/mol. The lowest BCUT2D eigenvalue weighted by Crippen LogP contribution is -2.37. The van der Waals surface area contributed by atoms with E-state index < -0.39 is 12.0 Å². The van der Waals surface area contributed by atoms with Gasteiger partial charge in [0.15, 0.2) is 0 Å². The molecule has 148 valence electrons. The predicted octanol–water partition coefficient (Wildman–Crippen LogP) is 5.78. The largest absolute Gasteiger partial charge is 0.451 e. The van der Waals surface area contributed by atoms with Crippen molar-refractivity contribution in [3.63, 3.8) is 0 Å². The van der Waals surface area contributed by atoms with E-state index in [0.717, 1.165) is 23.0 Å². The highest BCUT2D eigenvalue weighted by Gasteiger charge is 2.37. The maximum atomic E-state index is 13.1. The van der Waals surface area contributed by atoms with Crippen LogP contribution in [0.5, 0.6) is 0 Å². The van der Waals surface area contributed by atoms with E-state index in [0.29, 0.717) is 29.7 Å². The lowest BCUT2D eigenvalue weighted by atomic mass is 9.91. The number of halogens is 4. The van der Waals surface area contributed by atoms with Crippen LogP contribution in [0.25, 0.3) is 10.9 Å². The van der Waals surface area contributed by atoms with Gasteiger partial charge < -0.3 is 9.88 Å². The summed E-state index contributed by atoms with van der Waals surface area (Å²) in [5.41, 5.74) is 3.21. The molecule has 0 bridgehead atoms. The molecule has 4 nitrogen and oxygen atoms in total. The van der Waals surface area contributed by atoms with Gasteiger partial charge in [-0.1, -0.05) is 25.4 Å². The minimum absolute atomic E-state index is 0.0918. The van der Waals surface area contributed by atoms with E-state index in [4.69, 9.17) is 11.6 Å². The first-order valence-electron chi connectivity index (χ1n) is 9.21. The molecule has 1 atom stereocenters. The average Bonchev–Trinajstić information content (AvgIpc) is 2.99. The second-order valence-corrected chi connectivity index (χ2v) is 7.97. The second kappa shape index (κ2) is 6.95. The van der Waals surface area contributed by atoms with E-state index in [1.807, 2.05) is 23.1 Å². The zero-order valence-electron chi connectivity index (χ0n) is 15.5. The number of nitrogens with one attached hydrogen (secondary N) is 1. The maximum Gasteiger partial charge on any atom is 0.451 e. The third-order valence-electron chi connectivity index (χ3n) is 5.10. The Labute approximate surface area is 165 Å². The van der Waals surface area contributed by atoms with E-state index in [-0.39, 0.29) is 6.04 Å². The van der Waals surface area contributed by atoms with Gasteiger partial charge in [0, 0.05) is 34.4 Å². The molecule has 4 rings (SSSR count). The molecule has 1 aliphatic rings. The summed E-state index contributed by atoms with van der Waals surface area (Å²) in [6.45, 7) is 4.79. The van der Waals surface area contributed by atoms with Gasteiger partial charge in [-0.3, -0.25) is 0 Å². The van der Waals surface area contributed by atoms with E-state index >= 15 is 0 Å². The third-order valence-corrected chi connectivity index (χ3v) is 5.33. The fourth-order valence-electron chi connectivity index (χ4n) is 3.95. The highest BCUT2D eigenvalue weighted by atomic mass is 35.5. The Kier molecular flexibility index (Phi) is 4.73. The van der Waals surface area contributed by atoms with Crippen molar-refractivity contribution in [1.82, 2.24) is 15.0 Å². The first-order chi connectivity index (χ1) is 13.2. The van der Waals surface area contributed by atoms with Gasteiger partial charge >= 0.3 is 6.18 Å². The number of benzene rings is 1. The summed E-state index contributed by atoms with van der Waals surface area (Å²) in [5.74, 6) is -0.449. The number of anilines is 1. The molecular formula is C20H20ClF3N4. The Morgan fingerprint density at radius 2 is 2.07 bits per heavy atom. The number of aromatic nitrogens is 3. The van der Waals surface area contributed by atoms with Gasteiger partial charge in [-0.15, -0.1) is 0 Å². The number of rotatable bonds is 3. The van der Waals surface area contributed by atoms with Crippen LogP contribution in [-0.2, 0) is 12.6 Å². The van der Waals surface area contributed by atoms with Gasteiger partial charge in [-0.2, -0.15) is 13.2 Å². The number of alkyl halides is 3. The zero-order chi connectivity index (χ0) is 20.1. The SMILES string of the molecule is CC(C)C[C@H]1c2[nH]c3ccc(Cl)cc3c2CCN1c1ccnc(C(F)(F)F)n1. The van der Waals surface area contributed by atoms with Gasteiger partial charge in [0.25, 0.3) is 0 Å². The molecule has 0 radical (unpaired) electrons. The Balaban J connectivity index is 1.81. The van der Waals surface area contributed by atoms with Crippen molar-refractivity contribution < 1.29 is 13.2 Å². The molecule has 8 heteroatoms. The molecule has 1 aliphatic heterocycles. The monoisotopic (exact) mass is 408 g/mol. The molecule has 0 unspecified atom stereocenters. The molecule has 0 fully saturated rings. The molecule has 1 aromatic carbocycles. The maximum absolute atomic E-state index is 13.1. The van der Waals surface area contributed by atoms with Crippen molar-refractivity contribution in [2.24, 2.45) is 5.92 Å². The molecule has 0 amide bonds. The number of hydrogen-bond donors (Lipinski definition) is 1. The van der Waals surface area contributed by atoms with Gasteiger partial charge in [-0.05, 0) is 48.6 Å². The number of hydrogen-bond acceptors (Lipinski definition) is 3. The van der Waals surface area contributed by atoms with Crippen molar-refractivity contribution in [2.75, 3.05) is 11.4 Å². The van der Waals surface area contributed by atoms with Gasteiger partial charge in [-0.25, -0.2) is 9.97 Å². The molecule has 28 heavy (non-hydrogen) atoms. The van der Waals surface area contributed by atoms with Crippen LogP contribution in [0.4, 0.5) is 19.0 Å². The van der Waals surface area contributed by atoms with E-state index in [1.54, 1.807) is 6.07 Å². The lowest BCUT2D eigenvalue weighted by molar-refractivity contribution is -0.144. The summed E-state index contributed by atoms with van der Waals surface area (Å²) in [6, 6.07) is 7.18. The highest BCUT2D eigenvalue weighted by Crippen LogP contribution is 2.40. The molecular weight excluding hydrogens is 389 g/mol. The first kappa shape index (κ1) is 19.1. The van der Waals surface area contributed by atoms with Crippen LogP contribution in [0.2, 0.25) is 5.02 Å². The molecule has 0 saturated heterocycles. The summed E-state index contributed by atoms with van der Waals surface area (Å²) in [7, 11) is 0. The molecule has 0 saturated carbocycles. The van der Waals surface area contributed by atoms with Crippen molar-refractivity contribution in [3.8, 4) is 0 Å². The smallest absolute Gasteiger partial charge is 0.356 e. The molecule has 0 aliphatic carbocycles. The van der Waals surface area contributed by atoms with Crippen molar-refractivity contribution >= 4 is 28.3 Å². The standard InChI is InChI=1S/C20H20ClF3N4/c1-11(2)9-16-18-13(14-10-12(21)3-4-15(14)26-18)6-8-28(16)17-5-7-25-19(27-17)20(22,23)24/h3-5,7,10-11,16,26H,6,8-9H2,1-2H3/t16-/m0/s1. The molecule has 3 aromatic rings.